The summed E-state index contributed by atoms with van der Waals surface area (Å²) in [6.07, 6.45) is 2.32. The van der Waals surface area contributed by atoms with Crippen molar-refractivity contribution in [1.29, 1.82) is 0 Å². The Hall–Kier alpha value is -3.26. The second kappa shape index (κ2) is 8.47. The van der Waals surface area contributed by atoms with Crippen LogP contribution >= 0.6 is 0 Å². The molecule has 1 aromatic carbocycles. The van der Waals surface area contributed by atoms with Crippen LogP contribution in [0.5, 0.6) is 11.5 Å². The summed E-state index contributed by atoms with van der Waals surface area (Å²) in [4.78, 5) is 15.1. The number of aryl methyl sites for hydroxylation is 1. The number of rotatable bonds is 6. The van der Waals surface area contributed by atoms with Crippen LogP contribution in [0.2, 0.25) is 0 Å². The smallest absolute Gasteiger partial charge is 0.273 e. The average Bonchev–Trinajstić information content (AvgIpc) is 3.56. The van der Waals surface area contributed by atoms with E-state index >= 15 is 0 Å². The molecule has 8 nitrogen and oxygen atoms in total. The van der Waals surface area contributed by atoms with E-state index in [1.165, 1.54) is 0 Å². The zero-order chi connectivity index (χ0) is 21.2. The van der Waals surface area contributed by atoms with Crippen LogP contribution in [0, 0.1) is 6.92 Å². The Morgan fingerprint density at radius 3 is 2.68 bits per heavy atom. The van der Waals surface area contributed by atoms with E-state index in [0.29, 0.717) is 37.0 Å². The van der Waals surface area contributed by atoms with Crippen molar-refractivity contribution in [2.75, 3.05) is 32.8 Å². The Morgan fingerprint density at radius 2 is 1.90 bits per heavy atom. The van der Waals surface area contributed by atoms with Crippen LogP contribution in [-0.4, -0.2) is 48.8 Å². The van der Waals surface area contributed by atoms with Crippen molar-refractivity contribution >= 4 is 5.91 Å². The quantitative estimate of drug-likeness (QED) is 0.648. The van der Waals surface area contributed by atoms with E-state index in [-0.39, 0.29) is 17.6 Å². The van der Waals surface area contributed by atoms with E-state index in [2.05, 4.69) is 15.4 Å². The van der Waals surface area contributed by atoms with Crippen LogP contribution in [0.25, 0.3) is 11.3 Å². The first-order valence-corrected chi connectivity index (χ1v) is 10.6. The van der Waals surface area contributed by atoms with Gasteiger partial charge in [0.15, 0.2) is 23.0 Å². The summed E-state index contributed by atoms with van der Waals surface area (Å²) in [5.74, 6) is 3.32. The summed E-state index contributed by atoms with van der Waals surface area (Å²) < 4.78 is 22.4. The third-order valence-corrected chi connectivity index (χ3v) is 5.70. The molecule has 0 saturated carbocycles. The first-order valence-electron chi connectivity index (χ1n) is 10.6. The summed E-state index contributed by atoms with van der Waals surface area (Å²) in [5, 5.41) is 6.95. The fourth-order valence-corrected chi connectivity index (χ4v) is 4.09. The summed E-state index contributed by atoms with van der Waals surface area (Å²) in [6.45, 7) is 5.41. The normalized spacial score (nSPS) is 16.9. The molecule has 0 unspecified atom stereocenters. The van der Waals surface area contributed by atoms with Crippen LogP contribution in [0.15, 0.2) is 45.3 Å². The topological polar surface area (TPSA) is 90.0 Å². The zero-order valence-electron chi connectivity index (χ0n) is 17.4. The Kier molecular flexibility index (Phi) is 5.38. The van der Waals surface area contributed by atoms with Gasteiger partial charge in [-0.3, -0.25) is 9.69 Å². The van der Waals surface area contributed by atoms with Gasteiger partial charge >= 0.3 is 0 Å². The van der Waals surface area contributed by atoms with Crippen molar-refractivity contribution in [3.63, 3.8) is 0 Å². The molecule has 162 valence electrons. The van der Waals surface area contributed by atoms with E-state index in [0.717, 1.165) is 43.0 Å². The lowest BCUT2D eigenvalue weighted by Crippen LogP contribution is -2.36. The Balaban J connectivity index is 1.28. The molecule has 1 amide bonds. The largest absolute Gasteiger partial charge is 0.486 e. The van der Waals surface area contributed by atoms with Crippen molar-refractivity contribution in [3.8, 4) is 22.8 Å². The summed E-state index contributed by atoms with van der Waals surface area (Å²) in [7, 11) is 0. The molecule has 1 N–H and O–H groups in total. The second-order valence-electron chi connectivity index (χ2n) is 7.85. The predicted octanol–water partition coefficient (Wildman–Crippen LogP) is 3.58. The summed E-state index contributed by atoms with van der Waals surface area (Å²) in [5.41, 5.74) is 1.01. The molecule has 5 rings (SSSR count). The fraction of sp³-hybridized carbons (Fsp3) is 0.391. The minimum absolute atomic E-state index is 0.00400. The maximum Gasteiger partial charge on any atom is 0.273 e. The van der Waals surface area contributed by atoms with Gasteiger partial charge in [0.05, 0.1) is 6.04 Å². The van der Waals surface area contributed by atoms with Gasteiger partial charge in [0.2, 0.25) is 0 Å². The first kappa shape index (κ1) is 19.7. The number of carbonyl (C=O) groups is 1. The number of carbonyl (C=O) groups excluding carboxylic acids is 1. The lowest BCUT2D eigenvalue weighted by molar-refractivity contribution is 0.0924. The lowest BCUT2D eigenvalue weighted by Gasteiger charge is -2.25. The lowest BCUT2D eigenvalue weighted by atomic mass is 10.1. The molecule has 2 aliphatic heterocycles. The van der Waals surface area contributed by atoms with Gasteiger partial charge in [-0.25, -0.2) is 0 Å². The van der Waals surface area contributed by atoms with E-state index in [1.807, 2.05) is 37.3 Å². The molecule has 1 saturated heterocycles. The van der Waals surface area contributed by atoms with Gasteiger partial charge in [-0.1, -0.05) is 5.16 Å². The molecule has 8 heteroatoms. The number of ether oxygens (including phenoxy) is 2. The third-order valence-electron chi connectivity index (χ3n) is 5.70. The minimum atomic E-state index is -0.278. The number of likely N-dealkylation sites (tertiary alicyclic amines) is 1. The van der Waals surface area contributed by atoms with Crippen LogP contribution in [0.3, 0.4) is 0 Å². The van der Waals surface area contributed by atoms with Crippen molar-refractivity contribution in [3.05, 3.63) is 53.6 Å². The zero-order valence-corrected chi connectivity index (χ0v) is 17.4. The van der Waals surface area contributed by atoms with Crippen molar-refractivity contribution in [1.82, 2.24) is 15.4 Å². The first-order chi connectivity index (χ1) is 15.2. The number of fused-ring (bicyclic) bond motifs is 1. The number of furan rings is 1. The highest BCUT2D eigenvalue weighted by molar-refractivity contribution is 5.93. The summed E-state index contributed by atoms with van der Waals surface area (Å²) >= 11 is 0. The van der Waals surface area contributed by atoms with Gasteiger partial charge in [-0.15, -0.1) is 0 Å². The standard InChI is InChI=1S/C23H25N3O5/c1-15-4-6-19(30-15)18(26-8-2-3-9-26)14-24-23(27)17-13-21(31-25-17)16-5-7-20-22(12-16)29-11-10-28-20/h4-7,12-13,18H,2-3,8-11,14H2,1H3,(H,24,27)/t18-/m1/s1. The van der Waals surface area contributed by atoms with E-state index in [9.17, 15) is 4.79 Å². The highest BCUT2D eigenvalue weighted by Crippen LogP contribution is 2.34. The van der Waals surface area contributed by atoms with Crippen molar-refractivity contribution in [2.45, 2.75) is 25.8 Å². The Morgan fingerprint density at radius 1 is 1.10 bits per heavy atom. The van der Waals surface area contributed by atoms with Crippen molar-refractivity contribution in [2.24, 2.45) is 0 Å². The van der Waals surface area contributed by atoms with E-state index in [4.69, 9.17) is 18.4 Å². The number of hydrogen-bond acceptors (Lipinski definition) is 7. The molecule has 2 aromatic heterocycles. The highest BCUT2D eigenvalue weighted by Gasteiger charge is 2.27. The van der Waals surface area contributed by atoms with Crippen LogP contribution in [0.1, 0.15) is 40.9 Å². The number of hydrogen-bond donors (Lipinski definition) is 1. The van der Waals surface area contributed by atoms with Crippen LogP contribution in [-0.2, 0) is 0 Å². The molecule has 4 heterocycles. The molecule has 1 fully saturated rings. The molecule has 3 aromatic rings. The van der Waals surface area contributed by atoms with Gasteiger partial charge in [0, 0.05) is 18.2 Å². The Bertz CT molecular complexity index is 1070. The molecular formula is C23H25N3O5. The molecule has 1 atom stereocenters. The molecule has 0 bridgehead atoms. The second-order valence-corrected chi connectivity index (χ2v) is 7.85. The van der Waals surface area contributed by atoms with Gasteiger partial charge in [-0.2, -0.15) is 0 Å². The van der Waals surface area contributed by atoms with Crippen molar-refractivity contribution < 1.29 is 23.2 Å². The molecular weight excluding hydrogens is 398 g/mol. The molecule has 0 radical (unpaired) electrons. The third kappa shape index (κ3) is 4.16. The molecule has 31 heavy (non-hydrogen) atoms. The maximum atomic E-state index is 12.8. The average molecular weight is 423 g/mol. The predicted molar refractivity (Wildman–Crippen MR) is 112 cm³/mol. The van der Waals surface area contributed by atoms with Gasteiger partial charge < -0.3 is 23.7 Å². The fourth-order valence-electron chi connectivity index (χ4n) is 4.09. The van der Waals surface area contributed by atoms with Gasteiger partial charge in [0.25, 0.3) is 5.91 Å². The minimum Gasteiger partial charge on any atom is -0.486 e. The molecule has 0 aliphatic carbocycles. The number of aromatic nitrogens is 1. The summed E-state index contributed by atoms with van der Waals surface area (Å²) in [6, 6.07) is 11.1. The number of benzene rings is 1. The maximum absolute atomic E-state index is 12.8. The molecule has 2 aliphatic rings. The molecule has 0 spiro atoms. The van der Waals surface area contributed by atoms with Gasteiger partial charge in [0.1, 0.15) is 24.7 Å². The highest BCUT2D eigenvalue weighted by atomic mass is 16.6. The number of nitrogens with zero attached hydrogens (tertiary/aromatic N) is 2. The Labute approximate surface area is 180 Å². The SMILES string of the molecule is Cc1ccc([C@@H](CNC(=O)c2cc(-c3ccc4c(c3)OCCO4)on2)N2CCCC2)o1. The van der Waals surface area contributed by atoms with Gasteiger partial charge in [-0.05, 0) is 63.2 Å². The van der Waals surface area contributed by atoms with E-state index < -0.39 is 0 Å². The van der Waals surface area contributed by atoms with Crippen LogP contribution in [0.4, 0.5) is 0 Å². The number of nitrogens with one attached hydrogen (secondary N) is 1. The number of amides is 1. The van der Waals surface area contributed by atoms with E-state index in [1.54, 1.807) is 6.07 Å². The van der Waals surface area contributed by atoms with Crippen LogP contribution < -0.4 is 14.8 Å². The monoisotopic (exact) mass is 423 g/mol.